The molecule has 0 aromatic carbocycles. The molecule has 84 valence electrons. The van der Waals surface area contributed by atoms with Crippen LogP contribution in [0.5, 0.6) is 0 Å². The van der Waals surface area contributed by atoms with E-state index in [-0.39, 0.29) is 6.42 Å². The van der Waals surface area contributed by atoms with E-state index in [0.29, 0.717) is 0 Å². The quantitative estimate of drug-likeness (QED) is 0.439. The lowest BCUT2D eigenvalue weighted by Gasteiger charge is -2.20. The van der Waals surface area contributed by atoms with Crippen molar-refractivity contribution in [1.82, 2.24) is 0 Å². The van der Waals surface area contributed by atoms with Gasteiger partial charge in [-0.25, -0.2) is 0 Å². The Balaban J connectivity index is 2.50. The lowest BCUT2D eigenvalue weighted by Crippen LogP contribution is -2.25. The van der Waals surface area contributed by atoms with E-state index in [2.05, 4.69) is 0 Å². The Morgan fingerprint density at radius 2 is 1.13 bits per heavy atom. The van der Waals surface area contributed by atoms with Crippen molar-refractivity contribution in [2.45, 2.75) is 18.8 Å². The third-order valence-corrected chi connectivity index (χ3v) is 2.73. The lowest BCUT2D eigenvalue weighted by atomic mass is 9.96. The van der Waals surface area contributed by atoms with E-state index < -0.39 is 35.3 Å². The van der Waals surface area contributed by atoms with Crippen LogP contribution in [0.25, 0.3) is 0 Å². The van der Waals surface area contributed by atoms with Crippen molar-refractivity contribution in [3.05, 3.63) is 23.3 Å². The van der Waals surface area contributed by atoms with E-state index in [4.69, 9.17) is 0 Å². The minimum absolute atomic E-state index is 0.0936. The van der Waals surface area contributed by atoms with Crippen molar-refractivity contribution in [3.63, 3.8) is 0 Å². The van der Waals surface area contributed by atoms with E-state index in [1.165, 1.54) is 12.2 Å². The molecule has 6 heteroatoms. The van der Waals surface area contributed by atoms with Gasteiger partial charge in [0, 0.05) is 23.0 Å². The largest absolute Gasteiger partial charge is 0.413 e. The predicted molar refractivity (Wildman–Crippen MR) is 39.9 cm³/mol. The van der Waals surface area contributed by atoms with Crippen molar-refractivity contribution in [1.29, 1.82) is 0 Å². The standard InChI is InChI=1S/C9H6F6/c10-8(11,12)6-4-1-2-5(3-4)7(6)9(13,14)15/h1-2,4-5H,3H2/t4-,5-/m0/s1. The number of hydrogen-bond acceptors (Lipinski definition) is 0. The van der Waals surface area contributed by atoms with Crippen LogP contribution in [0.1, 0.15) is 6.42 Å². The van der Waals surface area contributed by atoms with Gasteiger partial charge in [-0.05, 0) is 6.42 Å². The number of hydrogen-bond donors (Lipinski definition) is 0. The van der Waals surface area contributed by atoms with E-state index in [0.717, 1.165) is 0 Å². The molecule has 15 heavy (non-hydrogen) atoms. The predicted octanol–water partition coefficient (Wildman–Crippen LogP) is 3.61. The second-order valence-electron chi connectivity index (χ2n) is 3.66. The highest BCUT2D eigenvalue weighted by atomic mass is 19.4. The normalized spacial score (nSPS) is 30.5. The minimum Gasteiger partial charge on any atom is -0.166 e. The maximum Gasteiger partial charge on any atom is 0.413 e. The molecule has 2 aliphatic rings. The minimum atomic E-state index is -4.88. The van der Waals surface area contributed by atoms with E-state index in [1.54, 1.807) is 0 Å². The molecule has 2 atom stereocenters. The van der Waals surface area contributed by atoms with Crippen LogP contribution in [0.2, 0.25) is 0 Å². The molecule has 0 aliphatic heterocycles. The molecule has 2 bridgehead atoms. The molecular weight excluding hydrogens is 222 g/mol. The number of rotatable bonds is 0. The van der Waals surface area contributed by atoms with Gasteiger partial charge in [-0.1, -0.05) is 12.2 Å². The molecule has 0 aromatic rings. The summed E-state index contributed by atoms with van der Waals surface area (Å²) in [5.74, 6) is -2.21. The van der Waals surface area contributed by atoms with Gasteiger partial charge in [0.05, 0.1) is 0 Å². The SMILES string of the molecule is FC(F)(F)C1=C(C(F)(F)F)[C@H]2C=C[C@H]1C2. The van der Waals surface area contributed by atoms with Gasteiger partial charge in [0.2, 0.25) is 0 Å². The van der Waals surface area contributed by atoms with Gasteiger partial charge >= 0.3 is 12.4 Å². The zero-order valence-electron chi connectivity index (χ0n) is 7.28. The van der Waals surface area contributed by atoms with Gasteiger partial charge in [0.1, 0.15) is 0 Å². The van der Waals surface area contributed by atoms with Crippen LogP contribution < -0.4 is 0 Å². The van der Waals surface area contributed by atoms with Crippen LogP contribution in [-0.4, -0.2) is 12.4 Å². The van der Waals surface area contributed by atoms with Crippen molar-refractivity contribution < 1.29 is 26.3 Å². The van der Waals surface area contributed by atoms with E-state index in [9.17, 15) is 26.3 Å². The molecular formula is C9H6F6. The maximum atomic E-state index is 12.4. The highest BCUT2D eigenvalue weighted by Gasteiger charge is 2.55. The molecule has 0 radical (unpaired) electrons. The van der Waals surface area contributed by atoms with Gasteiger partial charge in [-0.2, -0.15) is 26.3 Å². The number of allylic oxidation sites excluding steroid dienone is 4. The van der Waals surface area contributed by atoms with Crippen LogP contribution in [0.15, 0.2) is 23.3 Å². The fourth-order valence-electron chi connectivity index (χ4n) is 2.25. The van der Waals surface area contributed by atoms with Crippen LogP contribution in [0.3, 0.4) is 0 Å². The molecule has 0 aromatic heterocycles. The molecule has 0 saturated carbocycles. The average Bonchev–Trinajstić information content (AvgIpc) is 2.56. The van der Waals surface area contributed by atoms with Gasteiger partial charge < -0.3 is 0 Å². The van der Waals surface area contributed by atoms with Crippen LogP contribution in [0.4, 0.5) is 26.3 Å². The number of halogens is 6. The lowest BCUT2D eigenvalue weighted by molar-refractivity contribution is -0.118. The molecule has 0 amide bonds. The van der Waals surface area contributed by atoms with Crippen molar-refractivity contribution >= 4 is 0 Å². The molecule has 0 spiro atoms. The van der Waals surface area contributed by atoms with Crippen molar-refractivity contribution in [3.8, 4) is 0 Å². The van der Waals surface area contributed by atoms with Crippen LogP contribution in [-0.2, 0) is 0 Å². The highest BCUT2D eigenvalue weighted by Crippen LogP contribution is 2.54. The van der Waals surface area contributed by atoms with E-state index in [1.807, 2.05) is 0 Å². The van der Waals surface area contributed by atoms with E-state index >= 15 is 0 Å². The Kier molecular flexibility index (Phi) is 1.97. The zero-order valence-corrected chi connectivity index (χ0v) is 7.28. The van der Waals surface area contributed by atoms with Crippen LogP contribution in [0, 0.1) is 11.8 Å². The number of alkyl halides is 6. The summed E-state index contributed by atoms with van der Waals surface area (Å²) in [6.07, 6.45) is -7.43. The first-order valence-corrected chi connectivity index (χ1v) is 4.28. The second-order valence-corrected chi connectivity index (χ2v) is 3.66. The summed E-state index contributed by atoms with van der Waals surface area (Å²) in [6, 6.07) is 0. The fraction of sp³-hybridized carbons (Fsp3) is 0.556. The molecule has 2 aliphatic carbocycles. The zero-order chi connectivity index (χ0) is 11.4. The summed E-state index contributed by atoms with van der Waals surface area (Å²) in [5.41, 5.74) is -2.80. The summed E-state index contributed by atoms with van der Waals surface area (Å²) in [4.78, 5) is 0. The Morgan fingerprint density at radius 1 is 0.800 bits per heavy atom. The van der Waals surface area contributed by atoms with Crippen molar-refractivity contribution in [2.75, 3.05) is 0 Å². The Morgan fingerprint density at radius 3 is 1.40 bits per heavy atom. The van der Waals surface area contributed by atoms with Gasteiger partial charge in [-0.3, -0.25) is 0 Å². The van der Waals surface area contributed by atoms with Gasteiger partial charge in [0.25, 0.3) is 0 Å². The first-order chi connectivity index (χ1) is 6.71. The van der Waals surface area contributed by atoms with Gasteiger partial charge in [-0.15, -0.1) is 0 Å². The van der Waals surface area contributed by atoms with Gasteiger partial charge in [0.15, 0.2) is 0 Å². The molecule has 0 N–H and O–H groups in total. The maximum absolute atomic E-state index is 12.4. The first kappa shape index (κ1) is 10.6. The third-order valence-electron chi connectivity index (χ3n) is 2.73. The summed E-state index contributed by atoms with van der Waals surface area (Å²) in [5, 5.41) is 0. The average molecular weight is 228 g/mol. The third kappa shape index (κ3) is 1.55. The summed E-state index contributed by atoms with van der Waals surface area (Å²) < 4.78 is 74.4. The molecule has 0 saturated heterocycles. The topological polar surface area (TPSA) is 0 Å². The fourth-order valence-corrected chi connectivity index (χ4v) is 2.25. The molecule has 0 heterocycles. The summed E-state index contributed by atoms with van der Waals surface area (Å²) >= 11 is 0. The molecule has 0 unspecified atom stereocenters. The monoisotopic (exact) mass is 228 g/mol. The second kappa shape index (κ2) is 2.80. The Bertz CT molecular complexity index is 311. The molecule has 2 rings (SSSR count). The smallest absolute Gasteiger partial charge is 0.166 e. The summed E-state index contributed by atoms with van der Waals surface area (Å²) in [6.45, 7) is 0. The van der Waals surface area contributed by atoms with Crippen molar-refractivity contribution in [2.24, 2.45) is 11.8 Å². The number of fused-ring (bicyclic) bond motifs is 2. The Labute approximate surface area is 81.3 Å². The first-order valence-electron chi connectivity index (χ1n) is 4.28. The Hall–Kier alpha value is -0.940. The molecule has 0 fully saturated rings. The molecule has 0 nitrogen and oxygen atoms in total. The van der Waals surface area contributed by atoms with Crippen LogP contribution >= 0.6 is 0 Å². The summed E-state index contributed by atoms with van der Waals surface area (Å²) in [7, 11) is 0. The highest BCUT2D eigenvalue weighted by molar-refractivity contribution is 5.42.